The van der Waals surface area contributed by atoms with Gasteiger partial charge >= 0.3 is 0 Å². The Labute approximate surface area is 85.5 Å². The molecule has 0 aliphatic carbocycles. The average Bonchev–Trinajstić information content (AvgIpc) is 2.70. The van der Waals surface area contributed by atoms with Crippen molar-refractivity contribution in [1.82, 2.24) is 10.3 Å². The van der Waals surface area contributed by atoms with Crippen LogP contribution in [-0.4, -0.2) is 22.2 Å². The zero-order valence-electron chi connectivity index (χ0n) is 9.01. The van der Waals surface area contributed by atoms with Crippen LogP contribution in [0.15, 0.2) is 18.3 Å². The Kier molecular flexibility index (Phi) is 4.17. The number of hydrogen-bond donors (Lipinski definition) is 3. The van der Waals surface area contributed by atoms with E-state index in [1.807, 2.05) is 32.2 Å². The van der Waals surface area contributed by atoms with Crippen LogP contribution < -0.4 is 5.32 Å². The molecular formula is C11H20N2O. The van der Waals surface area contributed by atoms with Gasteiger partial charge in [-0.1, -0.05) is 13.8 Å². The lowest BCUT2D eigenvalue weighted by atomic mass is 9.98. The maximum Gasteiger partial charge on any atom is 0.0766 e. The number of hydrogen-bond acceptors (Lipinski definition) is 2. The van der Waals surface area contributed by atoms with Crippen LogP contribution in [0.2, 0.25) is 0 Å². The van der Waals surface area contributed by atoms with Gasteiger partial charge in [-0.3, -0.25) is 0 Å². The molecule has 0 radical (unpaired) electrons. The fraction of sp³-hybridized carbons (Fsp3) is 0.636. The Bertz CT molecular complexity index is 240. The molecular weight excluding hydrogens is 176 g/mol. The molecule has 0 atom stereocenters. The second kappa shape index (κ2) is 5.17. The molecule has 14 heavy (non-hydrogen) atoms. The molecule has 0 saturated heterocycles. The summed E-state index contributed by atoms with van der Waals surface area (Å²) >= 11 is 0. The molecule has 1 aromatic rings. The van der Waals surface area contributed by atoms with E-state index in [0.29, 0.717) is 6.54 Å². The van der Waals surface area contributed by atoms with Gasteiger partial charge in [-0.15, -0.1) is 0 Å². The first-order chi connectivity index (χ1) is 6.70. The summed E-state index contributed by atoms with van der Waals surface area (Å²) < 4.78 is 0. The Morgan fingerprint density at radius 2 is 2.14 bits per heavy atom. The minimum atomic E-state index is -0.549. The second-order valence-corrected chi connectivity index (χ2v) is 3.73. The molecule has 0 aromatic carbocycles. The fourth-order valence-corrected chi connectivity index (χ4v) is 1.41. The minimum Gasteiger partial charge on any atom is -0.389 e. The Balaban J connectivity index is 2.27. The summed E-state index contributed by atoms with van der Waals surface area (Å²) in [5.74, 6) is 0. The normalized spacial score (nSPS) is 11.9. The summed E-state index contributed by atoms with van der Waals surface area (Å²) in [6.07, 6.45) is 3.49. The molecule has 0 fully saturated rings. The summed E-state index contributed by atoms with van der Waals surface area (Å²) in [5.41, 5.74) is 0.603. The van der Waals surface area contributed by atoms with Crippen LogP contribution >= 0.6 is 0 Å². The first kappa shape index (κ1) is 11.3. The summed E-state index contributed by atoms with van der Waals surface area (Å²) in [6, 6.07) is 4.01. The molecule has 0 aliphatic heterocycles. The predicted molar refractivity (Wildman–Crippen MR) is 58.0 cm³/mol. The van der Waals surface area contributed by atoms with Gasteiger partial charge < -0.3 is 15.4 Å². The van der Waals surface area contributed by atoms with E-state index in [-0.39, 0.29) is 0 Å². The quantitative estimate of drug-likeness (QED) is 0.648. The van der Waals surface area contributed by atoms with Crippen LogP contribution in [0, 0.1) is 0 Å². The highest BCUT2D eigenvalue weighted by atomic mass is 16.3. The SMILES string of the molecule is CCC(O)(CC)CNCc1ccc[nH]1. The molecule has 0 aliphatic rings. The maximum absolute atomic E-state index is 9.98. The molecule has 0 unspecified atom stereocenters. The lowest BCUT2D eigenvalue weighted by Crippen LogP contribution is -2.39. The van der Waals surface area contributed by atoms with Gasteiger partial charge in [0.1, 0.15) is 0 Å². The van der Waals surface area contributed by atoms with E-state index < -0.39 is 5.60 Å². The van der Waals surface area contributed by atoms with Crippen LogP contribution in [0.3, 0.4) is 0 Å². The van der Waals surface area contributed by atoms with Crippen molar-refractivity contribution in [2.45, 2.75) is 38.8 Å². The monoisotopic (exact) mass is 196 g/mol. The Morgan fingerprint density at radius 1 is 1.43 bits per heavy atom. The topological polar surface area (TPSA) is 48.0 Å². The first-order valence-electron chi connectivity index (χ1n) is 5.25. The summed E-state index contributed by atoms with van der Waals surface area (Å²) in [6.45, 7) is 5.47. The molecule has 0 bridgehead atoms. The highest BCUT2D eigenvalue weighted by Crippen LogP contribution is 2.12. The number of aromatic amines is 1. The van der Waals surface area contributed by atoms with Gasteiger partial charge in [0.05, 0.1) is 5.60 Å². The number of rotatable bonds is 6. The molecule has 1 rings (SSSR count). The van der Waals surface area contributed by atoms with E-state index in [9.17, 15) is 5.11 Å². The third-order valence-electron chi connectivity index (χ3n) is 2.75. The second-order valence-electron chi connectivity index (χ2n) is 3.73. The van der Waals surface area contributed by atoms with E-state index in [2.05, 4.69) is 10.3 Å². The minimum absolute atomic E-state index is 0.549. The third-order valence-corrected chi connectivity index (χ3v) is 2.75. The highest BCUT2D eigenvalue weighted by molar-refractivity contribution is 5.03. The summed E-state index contributed by atoms with van der Waals surface area (Å²) in [7, 11) is 0. The van der Waals surface area contributed by atoms with Crippen molar-refractivity contribution in [2.24, 2.45) is 0 Å². The molecule has 3 nitrogen and oxygen atoms in total. The van der Waals surface area contributed by atoms with Gasteiger partial charge in [-0.25, -0.2) is 0 Å². The van der Waals surface area contributed by atoms with Gasteiger partial charge in [0.2, 0.25) is 0 Å². The maximum atomic E-state index is 9.98. The predicted octanol–water partition coefficient (Wildman–Crippen LogP) is 1.66. The molecule has 0 amide bonds. The van der Waals surface area contributed by atoms with Crippen molar-refractivity contribution in [3.8, 4) is 0 Å². The van der Waals surface area contributed by atoms with Gasteiger partial charge in [-0.05, 0) is 25.0 Å². The van der Waals surface area contributed by atoms with Crippen molar-refractivity contribution in [3.05, 3.63) is 24.0 Å². The van der Waals surface area contributed by atoms with E-state index in [4.69, 9.17) is 0 Å². The smallest absolute Gasteiger partial charge is 0.0766 e. The summed E-state index contributed by atoms with van der Waals surface area (Å²) in [4.78, 5) is 3.12. The Morgan fingerprint density at radius 3 is 2.64 bits per heavy atom. The van der Waals surface area contributed by atoms with Crippen molar-refractivity contribution in [1.29, 1.82) is 0 Å². The van der Waals surface area contributed by atoms with Gasteiger partial charge in [0, 0.05) is 25.0 Å². The van der Waals surface area contributed by atoms with E-state index in [0.717, 1.165) is 25.1 Å². The number of aliphatic hydroxyl groups is 1. The molecule has 3 N–H and O–H groups in total. The lowest BCUT2D eigenvalue weighted by Gasteiger charge is -2.25. The molecule has 80 valence electrons. The van der Waals surface area contributed by atoms with Crippen LogP contribution in [0.4, 0.5) is 0 Å². The third kappa shape index (κ3) is 3.16. The lowest BCUT2D eigenvalue weighted by molar-refractivity contribution is 0.0322. The van der Waals surface area contributed by atoms with Crippen LogP contribution in [0.5, 0.6) is 0 Å². The zero-order chi connectivity index (χ0) is 10.4. The van der Waals surface area contributed by atoms with E-state index in [1.54, 1.807) is 0 Å². The van der Waals surface area contributed by atoms with Crippen LogP contribution in [-0.2, 0) is 6.54 Å². The average molecular weight is 196 g/mol. The van der Waals surface area contributed by atoms with Gasteiger partial charge in [0.25, 0.3) is 0 Å². The molecule has 0 spiro atoms. The van der Waals surface area contributed by atoms with Gasteiger partial charge in [-0.2, -0.15) is 0 Å². The number of nitrogens with one attached hydrogen (secondary N) is 2. The van der Waals surface area contributed by atoms with Crippen LogP contribution in [0.1, 0.15) is 32.4 Å². The van der Waals surface area contributed by atoms with Crippen molar-refractivity contribution >= 4 is 0 Å². The standard InChI is InChI=1S/C11H20N2O/c1-3-11(14,4-2)9-12-8-10-6-5-7-13-10/h5-7,12-14H,3-4,8-9H2,1-2H3. The Hall–Kier alpha value is -0.800. The van der Waals surface area contributed by atoms with Crippen molar-refractivity contribution in [2.75, 3.05) is 6.54 Å². The van der Waals surface area contributed by atoms with Crippen molar-refractivity contribution < 1.29 is 5.11 Å². The highest BCUT2D eigenvalue weighted by Gasteiger charge is 2.20. The van der Waals surface area contributed by atoms with E-state index >= 15 is 0 Å². The number of aromatic nitrogens is 1. The fourth-order valence-electron chi connectivity index (χ4n) is 1.41. The van der Waals surface area contributed by atoms with Gasteiger partial charge in [0.15, 0.2) is 0 Å². The molecule has 3 heteroatoms. The molecule has 1 aromatic heterocycles. The summed E-state index contributed by atoms with van der Waals surface area (Å²) in [5, 5.41) is 13.2. The zero-order valence-corrected chi connectivity index (χ0v) is 9.01. The molecule has 1 heterocycles. The van der Waals surface area contributed by atoms with Crippen LogP contribution in [0.25, 0.3) is 0 Å². The number of H-pyrrole nitrogens is 1. The molecule has 0 saturated carbocycles. The first-order valence-corrected chi connectivity index (χ1v) is 5.25. The van der Waals surface area contributed by atoms with Crippen molar-refractivity contribution in [3.63, 3.8) is 0 Å². The largest absolute Gasteiger partial charge is 0.389 e. The van der Waals surface area contributed by atoms with E-state index in [1.165, 1.54) is 0 Å².